The molecule has 2 aromatic carbocycles. The van der Waals surface area contributed by atoms with Crippen molar-refractivity contribution < 1.29 is 9.63 Å². The van der Waals surface area contributed by atoms with Crippen LogP contribution < -0.4 is 5.48 Å². The van der Waals surface area contributed by atoms with Gasteiger partial charge in [0, 0.05) is 5.56 Å². The number of hydrogen-bond donors (Lipinski definition) is 1. The number of amides is 1. The molecule has 1 N–H and O–H groups in total. The van der Waals surface area contributed by atoms with Crippen molar-refractivity contribution in [2.75, 3.05) is 0 Å². The summed E-state index contributed by atoms with van der Waals surface area (Å²) < 4.78 is 0. The van der Waals surface area contributed by atoms with E-state index in [0.717, 1.165) is 16.7 Å². The molecule has 0 heterocycles. The topological polar surface area (TPSA) is 38.3 Å². The zero-order valence-electron chi connectivity index (χ0n) is 11.1. The molecule has 0 atom stereocenters. The van der Waals surface area contributed by atoms with E-state index in [1.165, 1.54) is 0 Å². The van der Waals surface area contributed by atoms with Crippen molar-refractivity contribution in [1.29, 1.82) is 0 Å². The van der Waals surface area contributed by atoms with Gasteiger partial charge in [0.25, 0.3) is 5.91 Å². The van der Waals surface area contributed by atoms with Crippen molar-refractivity contribution in [3.63, 3.8) is 0 Å². The second-order valence-corrected chi connectivity index (χ2v) is 4.45. The Morgan fingerprint density at radius 3 is 2.53 bits per heavy atom. The second kappa shape index (κ2) is 6.16. The second-order valence-electron chi connectivity index (χ2n) is 4.45. The fourth-order valence-corrected chi connectivity index (χ4v) is 1.81. The molecule has 0 fully saturated rings. The minimum Gasteiger partial charge on any atom is -0.269 e. The van der Waals surface area contributed by atoms with Crippen molar-refractivity contribution in [2.45, 2.75) is 20.5 Å². The van der Waals surface area contributed by atoms with E-state index in [4.69, 9.17) is 4.84 Å². The van der Waals surface area contributed by atoms with Crippen molar-refractivity contribution >= 4 is 5.91 Å². The Kier molecular flexibility index (Phi) is 4.31. The first-order valence-electron chi connectivity index (χ1n) is 6.21. The minimum absolute atomic E-state index is 0.211. The number of hydroxylamine groups is 1. The summed E-state index contributed by atoms with van der Waals surface area (Å²) in [5.41, 5.74) is 6.21. The highest BCUT2D eigenvalue weighted by Gasteiger charge is 2.09. The average molecular weight is 255 g/mol. The lowest BCUT2D eigenvalue weighted by Crippen LogP contribution is -2.24. The quantitative estimate of drug-likeness (QED) is 0.852. The molecule has 19 heavy (non-hydrogen) atoms. The van der Waals surface area contributed by atoms with Crippen LogP contribution in [0.5, 0.6) is 0 Å². The monoisotopic (exact) mass is 255 g/mol. The molecule has 1 amide bonds. The summed E-state index contributed by atoms with van der Waals surface area (Å²) in [7, 11) is 0. The third kappa shape index (κ3) is 3.42. The summed E-state index contributed by atoms with van der Waals surface area (Å²) in [6.07, 6.45) is 0. The Hall–Kier alpha value is -2.13. The molecule has 0 aromatic heterocycles. The van der Waals surface area contributed by atoms with E-state index >= 15 is 0 Å². The Morgan fingerprint density at radius 2 is 1.79 bits per heavy atom. The number of rotatable bonds is 4. The van der Waals surface area contributed by atoms with Gasteiger partial charge in [-0.2, -0.15) is 0 Å². The molecule has 0 bridgehead atoms. The van der Waals surface area contributed by atoms with Crippen LogP contribution in [0.25, 0.3) is 0 Å². The molecular weight excluding hydrogens is 238 g/mol. The van der Waals surface area contributed by atoms with Gasteiger partial charge < -0.3 is 0 Å². The van der Waals surface area contributed by atoms with Crippen LogP contribution in [0, 0.1) is 13.8 Å². The van der Waals surface area contributed by atoms with Gasteiger partial charge in [0.15, 0.2) is 0 Å². The van der Waals surface area contributed by atoms with Gasteiger partial charge in [-0.25, -0.2) is 5.48 Å². The summed E-state index contributed by atoms with van der Waals surface area (Å²) in [5, 5.41) is 0. The number of benzene rings is 2. The average Bonchev–Trinajstić information content (AvgIpc) is 2.43. The van der Waals surface area contributed by atoms with Gasteiger partial charge in [-0.3, -0.25) is 9.63 Å². The molecule has 0 aliphatic rings. The van der Waals surface area contributed by atoms with Gasteiger partial charge >= 0.3 is 0 Å². The summed E-state index contributed by atoms with van der Waals surface area (Å²) >= 11 is 0. The van der Waals surface area contributed by atoms with Crippen molar-refractivity contribution in [1.82, 2.24) is 5.48 Å². The first-order chi connectivity index (χ1) is 9.18. The maximum absolute atomic E-state index is 12.0. The molecule has 0 saturated carbocycles. The van der Waals surface area contributed by atoms with Gasteiger partial charge in [0.05, 0.1) is 6.61 Å². The van der Waals surface area contributed by atoms with Gasteiger partial charge in [-0.15, -0.1) is 0 Å². The van der Waals surface area contributed by atoms with Crippen LogP contribution in [0.2, 0.25) is 0 Å². The SMILES string of the molecule is Cc1cccc(C(=O)NOCc2ccccc2)c1C. The highest BCUT2D eigenvalue weighted by Crippen LogP contribution is 2.12. The number of nitrogens with one attached hydrogen (secondary N) is 1. The third-order valence-electron chi connectivity index (χ3n) is 3.10. The summed E-state index contributed by atoms with van der Waals surface area (Å²) in [6.45, 7) is 4.27. The lowest BCUT2D eigenvalue weighted by Gasteiger charge is -2.09. The van der Waals surface area contributed by atoms with Crippen LogP contribution in [0.4, 0.5) is 0 Å². The number of aryl methyl sites for hydroxylation is 1. The number of hydrogen-bond acceptors (Lipinski definition) is 2. The maximum atomic E-state index is 12.0. The van der Waals surface area contributed by atoms with Crippen molar-refractivity contribution in [3.05, 3.63) is 70.8 Å². The predicted molar refractivity (Wildman–Crippen MR) is 74.6 cm³/mol. The Labute approximate surface area is 113 Å². The van der Waals surface area contributed by atoms with Crippen molar-refractivity contribution in [3.8, 4) is 0 Å². The van der Waals surface area contributed by atoms with Crippen molar-refractivity contribution in [2.24, 2.45) is 0 Å². The first-order valence-corrected chi connectivity index (χ1v) is 6.21. The number of carbonyl (C=O) groups excluding carboxylic acids is 1. The maximum Gasteiger partial charge on any atom is 0.275 e. The van der Waals surface area contributed by atoms with Gasteiger partial charge in [-0.05, 0) is 36.6 Å². The fraction of sp³-hybridized carbons (Fsp3) is 0.188. The standard InChI is InChI=1S/C16H17NO2/c1-12-7-6-10-15(13(12)2)16(18)17-19-11-14-8-4-3-5-9-14/h3-10H,11H2,1-2H3,(H,17,18). The molecule has 0 radical (unpaired) electrons. The summed E-state index contributed by atoms with van der Waals surface area (Å²) in [4.78, 5) is 17.2. The molecule has 2 aromatic rings. The predicted octanol–water partition coefficient (Wildman–Crippen LogP) is 3.17. The Balaban J connectivity index is 1.93. The summed E-state index contributed by atoms with van der Waals surface area (Å²) in [6, 6.07) is 15.4. The van der Waals surface area contributed by atoms with Gasteiger partial charge in [0.2, 0.25) is 0 Å². The molecule has 3 heteroatoms. The van der Waals surface area contributed by atoms with Crippen LogP contribution in [0.1, 0.15) is 27.0 Å². The van der Waals surface area contributed by atoms with Gasteiger partial charge in [0.1, 0.15) is 0 Å². The van der Waals surface area contributed by atoms with Crippen LogP contribution in [0.15, 0.2) is 48.5 Å². The molecule has 0 aliphatic carbocycles. The van der Waals surface area contributed by atoms with E-state index in [1.54, 1.807) is 6.07 Å². The molecule has 2 rings (SSSR count). The van der Waals surface area contributed by atoms with Gasteiger partial charge in [-0.1, -0.05) is 42.5 Å². The highest BCUT2D eigenvalue weighted by atomic mass is 16.6. The lowest BCUT2D eigenvalue weighted by molar-refractivity contribution is 0.0233. The highest BCUT2D eigenvalue weighted by molar-refractivity contribution is 5.95. The molecule has 0 aliphatic heterocycles. The summed E-state index contributed by atoms with van der Waals surface area (Å²) in [5.74, 6) is -0.211. The van der Waals surface area contributed by atoms with E-state index in [1.807, 2.05) is 56.3 Å². The van der Waals surface area contributed by atoms with E-state index in [-0.39, 0.29) is 5.91 Å². The van der Waals surface area contributed by atoms with E-state index in [9.17, 15) is 4.79 Å². The Morgan fingerprint density at radius 1 is 1.05 bits per heavy atom. The third-order valence-corrected chi connectivity index (χ3v) is 3.10. The zero-order valence-corrected chi connectivity index (χ0v) is 11.1. The van der Waals surface area contributed by atoms with Crippen LogP contribution in [-0.2, 0) is 11.4 Å². The van der Waals surface area contributed by atoms with Crippen LogP contribution >= 0.6 is 0 Å². The molecule has 3 nitrogen and oxygen atoms in total. The first kappa shape index (κ1) is 13.3. The van der Waals surface area contributed by atoms with E-state index < -0.39 is 0 Å². The number of carbonyl (C=O) groups is 1. The molecule has 0 spiro atoms. The zero-order chi connectivity index (χ0) is 13.7. The minimum atomic E-state index is -0.211. The molecule has 98 valence electrons. The van der Waals surface area contributed by atoms with E-state index in [0.29, 0.717) is 12.2 Å². The fourth-order valence-electron chi connectivity index (χ4n) is 1.81. The molecule has 0 unspecified atom stereocenters. The smallest absolute Gasteiger partial charge is 0.269 e. The molecule has 0 saturated heterocycles. The van der Waals surface area contributed by atoms with E-state index in [2.05, 4.69) is 5.48 Å². The lowest BCUT2D eigenvalue weighted by atomic mass is 10.0. The van der Waals surface area contributed by atoms with Crippen LogP contribution in [0.3, 0.4) is 0 Å². The Bertz CT molecular complexity index is 564. The normalized spacial score (nSPS) is 10.2. The largest absolute Gasteiger partial charge is 0.275 e. The molecular formula is C16H17NO2. The van der Waals surface area contributed by atoms with Crippen LogP contribution in [-0.4, -0.2) is 5.91 Å².